The van der Waals surface area contributed by atoms with Gasteiger partial charge in [0.2, 0.25) is 10.0 Å². The van der Waals surface area contributed by atoms with Crippen LogP contribution < -0.4 is 0 Å². The first-order valence-electron chi connectivity index (χ1n) is 5.86. The van der Waals surface area contributed by atoms with E-state index in [0.29, 0.717) is 39.3 Å². The molecular formula is C10H20N2O5S. The molecule has 1 N–H and O–H groups in total. The normalized spacial score (nSPS) is 20.8. The molecule has 0 bridgehead atoms. The number of carbonyl (C=O) groups is 1. The van der Waals surface area contributed by atoms with Crippen molar-refractivity contribution >= 4 is 16.0 Å². The molecule has 1 unspecified atom stereocenters. The Morgan fingerprint density at radius 1 is 1.33 bits per heavy atom. The zero-order valence-electron chi connectivity index (χ0n) is 10.7. The molecule has 8 heteroatoms. The number of sulfonamides is 1. The van der Waals surface area contributed by atoms with Crippen LogP contribution in [0.25, 0.3) is 0 Å². The Labute approximate surface area is 107 Å². The Hall–Kier alpha value is -0.700. The van der Waals surface area contributed by atoms with Gasteiger partial charge in [-0.05, 0) is 6.92 Å². The highest BCUT2D eigenvalue weighted by molar-refractivity contribution is 7.88. The van der Waals surface area contributed by atoms with Gasteiger partial charge >= 0.3 is 5.97 Å². The van der Waals surface area contributed by atoms with Gasteiger partial charge in [-0.2, -0.15) is 4.31 Å². The van der Waals surface area contributed by atoms with Gasteiger partial charge in [-0.3, -0.25) is 4.90 Å². The van der Waals surface area contributed by atoms with E-state index in [2.05, 4.69) is 0 Å². The van der Waals surface area contributed by atoms with Crippen molar-refractivity contribution in [3.05, 3.63) is 0 Å². The topological polar surface area (TPSA) is 87.2 Å². The summed E-state index contributed by atoms with van der Waals surface area (Å²) in [4.78, 5) is 12.8. The Kier molecular flexibility index (Phi) is 5.51. The van der Waals surface area contributed by atoms with Gasteiger partial charge in [0.1, 0.15) is 0 Å². The van der Waals surface area contributed by atoms with Crippen LogP contribution in [0.2, 0.25) is 0 Å². The molecule has 1 rings (SSSR count). The Morgan fingerprint density at radius 2 is 1.89 bits per heavy atom. The molecule has 1 aliphatic rings. The third-order valence-electron chi connectivity index (χ3n) is 2.87. The summed E-state index contributed by atoms with van der Waals surface area (Å²) < 4.78 is 29.2. The molecule has 0 aromatic rings. The SMILES string of the molecule is CCOC(CN1CCN(S(C)(=O)=O)CC1)C(=O)O. The molecule has 0 radical (unpaired) electrons. The van der Waals surface area contributed by atoms with Crippen LogP contribution in [0.15, 0.2) is 0 Å². The van der Waals surface area contributed by atoms with Crippen molar-refractivity contribution in [2.75, 3.05) is 45.6 Å². The Balaban J connectivity index is 2.45. The van der Waals surface area contributed by atoms with Crippen molar-refractivity contribution < 1.29 is 23.1 Å². The van der Waals surface area contributed by atoms with E-state index in [-0.39, 0.29) is 0 Å². The monoisotopic (exact) mass is 280 g/mol. The first-order valence-corrected chi connectivity index (χ1v) is 7.71. The van der Waals surface area contributed by atoms with Crippen LogP contribution in [0.4, 0.5) is 0 Å². The quantitative estimate of drug-likeness (QED) is 0.675. The smallest absolute Gasteiger partial charge is 0.334 e. The maximum absolute atomic E-state index is 11.3. The number of aliphatic carboxylic acids is 1. The zero-order chi connectivity index (χ0) is 13.8. The molecule has 1 atom stereocenters. The summed E-state index contributed by atoms with van der Waals surface area (Å²) in [5, 5.41) is 8.96. The van der Waals surface area contributed by atoms with Crippen molar-refractivity contribution in [1.29, 1.82) is 0 Å². The summed E-state index contributed by atoms with van der Waals surface area (Å²) in [6, 6.07) is 0. The van der Waals surface area contributed by atoms with Gasteiger partial charge in [0.25, 0.3) is 0 Å². The minimum Gasteiger partial charge on any atom is -0.479 e. The van der Waals surface area contributed by atoms with Gasteiger partial charge in [0, 0.05) is 39.3 Å². The maximum Gasteiger partial charge on any atom is 0.334 e. The number of piperazine rings is 1. The summed E-state index contributed by atoms with van der Waals surface area (Å²) in [5.41, 5.74) is 0. The zero-order valence-corrected chi connectivity index (χ0v) is 11.5. The number of nitrogens with zero attached hydrogens (tertiary/aromatic N) is 2. The number of rotatable bonds is 6. The van der Waals surface area contributed by atoms with E-state index < -0.39 is 22.1 Å². The lowest BCUT2D eigenvalue weighted by molar-refractivity contribution is -0.151. The van der Waals surface area contributed by atoms with Gasteiger partial charge in [0.15, 0.2) is 6.10 Å². The molecule has 1 heterocycles. The van der Waals surface area contributed by atoms with Crippen LogP contribution in [0, 0.1) is 0 Å². The second-order valence-electron chi connectivity index (χ2n) is 4.24. The highest BCUT2D eigenvalue weighted by atomic mass is 32.2. The van der Waals surface area contributed by atoms with Crippen LogP contribution in [0.3, 0.4) is 0 Å². The molecule has 0 aliphatic carbocycles. The Bertz CT molecular complexity index is 376. The van der Waals surface area contributed by atoms with Crippen LogP contribution in [0.5, 0.6) is 0 Å². The van der Waals surface area contributed by atoms with Crippen molar-refractivity contribution in [2.24, 2.45) is 0 Å². The maximum atomic E-state index is 11.3. The van der Waals surface area contributed by atoms with Crippen molar-refractivity contribution in [2.45, 2.75) is 13.0 Å². The molecule has 1 fully saturated rings. The summed E-state index contributed by atoms with van der Waals surface area (Å²) >= 11 is 0. The molecule has 0 amide bonds. The van der Waals surface area contributed by atoms with E-state index in [9.17, 15) is 13.2 Å². The third kappa shape index (κ3) is 4.52. The lowest BCUT2D eigenvalue weighted by Gasteiger charge is -2.34. The largest absolute Gasteiger partial charge is 0.479 e. The number of hydrogen-bond acceptors (Lipinski definition) is 5. The minimum atomic E-state index is -3.15. The van der Waals surface area contributed by atoms with E-state index in [0.717, 1.165) is 0 Å². The molecule has 0 saturated carbocycles. The predicted molar refractivity (Wildman–Crippen MR) is 65.9 cm³/mol. The highest BCUT2D eigenvalue weighted by Crippen LogP contribution is 2.07. The molecule has 0 aromatic heterocycles. The summed E-state index contributed by atoms with van der Waals surface area (Å²) in [5.74, 6) is -0.984. The number of hydrogen-bond donors (Lipinski definition) is 1. The second-order valence-corrected chi connectivity index (χ2v) is 6.23. The average Bonchev–Trinajstić information content (AvgIpc) is 2.28. The molecule has 1 saturated heterocycles. The van der Waals surface area contributed by atoms with Crippen molar-refractivity contribution in [1.82, 2.24) is 9.21 Å². The van der Waals surface area contributed by atoms with Crippen molar-refractivity contribution in [3.63, 3.8) is 0 Å². The predicted octanol–water partition coefficient (Wildman–Crippen LogP) is -0.947. The van der Waals surface area contributed by atoms with E-state index >= 15 is 0 Å². The van der Waals surface area contributed by atoms with Gasteiger partial charge in [-0.1, -0.05) is 0 Å². The summed E-state index contributed by atoms with van der Waals surface area (Å²) in [7, 11) is -3.15. The lowest BCUT2D eigenvalue weighted by atomic mass is 10.3. The highest BCUT2D eigenvalue weighted by Gasteiger charge is 2.27. The standard InChI is InChI=1S/C10H20N2O5S/c1-3-17-9(10(13)14)8-11-4-6-12(7-5-11)18(2,15)16/h9H,3-8H2,1-2H3,(H,13,14). The fraction of sp³-hybridized carbons (Fsp3) is 0.900. The summed E-state index contributed by atoms with van der Waals surface area (Å²) in [6.45, 7) is 4.25. The Morgan fingerprint density at radius 3 is 2.28 bits per heavy atom. The molecular weight excluding hydrogens is 260 g/mol. The molecule has 106 valence electrons. The van der Waals surface area contributed by atoms with Gasteiger partial charge in [-0.25, -0.2) is 13.2 Å². The minimum absolute atomic E-state index is 0.292. The van der Waals surface area contributed by atoms with Crippen LogP contribution >= 0.6 is 0 Å². The van der Waals surface area contributed by atoms with Crippen LogP contribution in [-0.2, 0) is 19.6 Å². The van der Waals surface area contributed by atoms with E-state index in [1.807, 2.05) is 4.90 Å². The van der Waals surface area contributed by atoms with E-state index in [1.54, 1.807) is 6.92 Å². The molecule has 7 nitrogen and oxygen atoms in total. The molecule has 0 spiro atoms. The third-order valence-corrected chi connectivity index (χ3v) is 4.17. The first-order chi connectivity index (χ1) is 8.34. The second kappa shape index (κ2) is 6.46. The fourth-order valence-electron chi connectivity index (χ4n) is 1.88. The summed E-state index contributed by atoms with van der Waals surface area (Å²) in [6.07, 6.45) is 0.336. The molecule has 0 aromatic carbocycles. The van der Waals surface area contributed by atoms with Gasteiger partial charge in [0.05, 0.1) is 6.26 Å². The molecule has 1 aliphatic heterocycles. The van der Waals surface area contributed by atoms with E-state index in [1.165, 1.54) is 10.6 Å². The van der Waals surface area contributed by atoms with Gasteiger partial charge in [-0.15, -0.1) is 0 Å². The molecule has 18 heavy (non-hydrogen) atoms. The van der Waals surface area contributed by atoms with Crippen molar-refractivity contribution in [3.8, 4) is 0 Å². The average molecular weight is 280 g/mol. The fourth-order valence-corrected chi connectivity index (χ4v) is 2.71. The number of carboxylic acids is 1. The van der Waals surface area contributed by atoms with Crippen LogP contribution in [0.1, 0.15) is 6.92 Å². The number of carboxylic acid groups (broad SMARTS) is 1. The lowest BCUT2D eigenvalue weighted by Crippen LogP contribution is -2.51. The van der Waals surface area contributed by atoms with Gasteiger partial charge < -0.3 is 9.84 Å². The van der Waals surface area contributed by atoms with E-state index in [4.69, 9.17) is 9.84 Å². The number of ether oxygens (including phenoxy) is 1. The first kappa shape index (κ1) is 15.4. The van der Waals surface area contributed by atoms with Crippen LogP contribution in [-0.4, -0.2) is 80.4 Å².